The van der Waals surface area contributed by atoms with E-state index in [9.17, 15) is 13.6 Å². The minimum absolute atomic E-state index is 0.0272. The van der Waals surface area contributed by atoms with Crippen LogP contribution in [0.2, 0.25) is 0 Å². The van der Waals surface area contributed by atoms with Gasteiger partial charge in [0, 0.05) is 30.7 Å². The van der Waals surface area contributed by atoms with Crippen molar-refractivity contribution in [3.63, 3.8) is 0 Å². The molecule has 0 spiro atoms. The number of rotatable bonds is 4. The summed E-state index contributed by atoms with van der Waals surface area (Å²) >= 11 is 1.70. The molecule has 114 valence electrons. The first-order valence-electron chi connectivity index (χ1n) is 6.75. The second-order valence-electron chi connectivity index (χ2n) is 5.19. The molecule has 3 aliphatic heterocycles. The average molecular weight is 314 g/mol. The zero-order valence-electron chi connectivity index (χ0n) is 11.5. The smallest absolute Gasteiger partial charge is 0.387 e. The maximum atomic E-state index is 12.5. The predicted molar refractivity (Wildman–Crippen MR) is 76.5 cm³/mol. The summed E-state index contributed by atoms with van der Waals surface area (Å²) in [5, 5.41) is 0. The van der Waals surface area contributed by atoms with Gasteiger partial charge in [-0.1, -0.05) is 11.9 Å². The predicted octanol–water partition coefficient (Wildman–Crippen LogP) is 2.46. The molecule has 0 radical (unpaired) electrons. The number of alkyl halides is 2. The molecular formula is C14H16F2N2O2S. The first-order chi connectivity index (χ1) is 10.1. The van der Waals surface area contributed by atoms with Gasteiger partial charge in [0.25, 0.3) is 5.91 Å². The van der Waals surface area contributed by atoms with Crippen LogP contribution in [0.4, 0.5) is 8.78 Å². The molecule has 3 heterocycles. The average Bonchev–Trinajstić information content (AvgIpc) is 2.47. The van der Waals surface area contributed by atoms with E-state index >= 15 is 0 Å². The number of carbonyl (C=O) groups excluding carboxylic acids is 1. The van der Waals surface area contributed by atoms with Crippen molar-refractivity contribution in [2.75, 3.05) is 19.3 Å². The second-order valence-corrected chi connectivity index (χ2v) is 6.07. The molecular weight excluding hydrogens is 298 g/mol. The van der Waals surface area contributed by atoms with Crippen LogP contribution in [0, 0.1) is 0 Å². The van der Waals surface area contributed by atoms with Gasteiger partial charge in [0.05, 0.1) is 0 Å². The highest BCUT2D eigenvalue weighted by atomic mass is 32.2. The van der Waals surface area contributed by atoms with E-state index in [0.29, 0.717) is 5.56 Å². The Labute approximate surface area is 126 Å². The van der Waals surface area contributed by atoms with Crippen LogP contribution >= 0.6 is 11.9 Å². The van der Waals surface area contributed by atoms with E-state index < -0.39 is 6.61 Å². The van der Waals surface area contributed by atoms with Crippen molar-refractivity contribution >= 4 is 17.9 Å². The van der Waals surface area contributed by atoms with E-state index in [1.165, 1.54) is 12.1 Å². The lowest BCUT2D eigenvalue weighted by atomic mass is 9.88. The number of piperidine rings is 1. The van der Waals surface area contributed by atoms with Gasteiger partial charge >= 0.3 is 6.61 Å². The van der Waals surface area contributed by atoms with Gasteiger partial charge in [-0.25, -0.2) is 4.31 Å². The van der Waals surface area contributed by atoms with Crippen molar-refractivity contribution in [2.24, 2.45) is 0 Å². The number of ether oxygens (including phenoxy) is 1. The lowest BCUT2D eigenvalue weighted by Gasteiger charge is -2.55. The summed E-state index contributed by atoms with van der Waals surface area (Å²) in [7, 11) is 0. The Morgan fingerprint density at radius 1 is 1.29 bits per heavy atom. The molecule has 1 aromatic rings. The Balaban J connectivity index is 1.66. The fourth-order valence-corrected chi connectivity index (χ4v) is 3.62. The first kappa shape index (κ1) is 14.6. The summed E-state index contributed by atoms with van der Waals surface area (Å²) in [6, 6.07) is 6.43. The molecule has 7 heteroatoms. The molecule has 3 aliphatic rings. The Bertz CT molecular complexity index is 514. The van der Waals surface area contributed by atoms with E-state index in [-0.39, 0.29) is 23.7 Å². The van der Waals surface area contributed by atoms with Crippen molar-refractivity contribution in [1.29, 1.82) is 0 Å². The van der Waals surface area contributed by atoms with E-state index in [1.807, 2.05) is 11.2 Å². The van der Waals surface area contributed by atoms with E-state index in [2.05, 4.69) is 9.04 Å². The van der Waals surface area contributed by atoms with Crippen molar-refractivity contribution in [3.05, 3.63) is 29.8 Å². The largest absolute Gasteiger partial charge is 0.435 e. The summed E-state index contributed by atoms with van der Waals surface area (Å²) < 4.78 is 30.7. The molecule has 0 N–H and O–H groups in total. The highest BCUT2D eigenvalue weighted by molar-refractivity contribution is 7.96. The molecule has 3 saturated heterocycles. The van der Waals surface area contributed by atoms with Crippen LogP contribution < -0.4 is 4.74 Å². The molecule has 1 amide bonds. The number of nitrogens with zero attached hydrogens (tertiary/aromatic N) is 2. The molecule has 0 aromatic heterocycles. The molecule has 2 unspecified atom stereocenters. The molecule has 3 fully saturated rings. The fourth-order valence-electron chi connectivity index (χ4n) is 2.98. The van der Waals surface area contributed by atoms with Crippen LogP contribution in [-0.2, 0) is 0 Å². The van der Waals surface area contributed by atoms with Crippen LogP contribution in [0.5, 0.6) is 5.75 Å². The summed E-state index contributed by atoms with van der Waals surface area (Å²) in [6.45, 7) is -1.08. The van der Waals surface area contributed by atoms with Crippen LogP contribution in [-0.4, -0.2) is 53.2 Å². The quantitative estimate of drug-likeness (QED) is 0.799. The van der Waals surface area contributed by atoms with Crippen LogP contribution in [0.25, 0.3) is 0 Å². The number of fused-ring (bicyclic) bond motifs is 2. The molecule has 4 nitrogen and oxygen atoms in total. The number of carbonyl (C=O) groups is 1. The second kappa shape index (κ2) is 5.81. The van der Waals surface area contributed by atoms with Gasteiger partial charge < -0.3 is 9.64 Å². The minimum Gasteiger partial charge on any atom is -0.435 e. The SMILES string of the molecule is CSN1CC2CC(C1)N2C(=O)c1ccc(OC(F)F)cc1. The topological polar surface area (TPSA) is 32.8 Å². The van der Waals surface area contributed by atoms with Crippen LogP contribution in [0.3, 0.4) is 0 Å². The first-order valence-corrected chi connectivity index (χ1v) is 7.93. The molecule has 2 bridgehead atoms. The van der Waals surface area contributed by atoms with Gasteiger partial charge in [0.2, 0.25) is 0 Å². The van der Waals surface area contributed by atoms with Crippen molar-refractivity contribution in [1.82, 2.24) is 9.21 Å². The summed E-state index contributed by atoms with van der Waals surface area (Å²) in [6.07, 6.45) is 3.09. The summed E-state index contributed by atoms with van der Waals surface area (Å²) in [4.78, 5) is 14.4. The van der Waals surface area contributed by atoms with Gasteiger partial charge in [-0.05, 0) is 36.9 Å². The fraction of sp³-hybridized carbons (Fsp3) is 0.500. The van der Waals surface area contributed by atoms with Gasteiger partial charge in [0.15, 0.2) is 0 Å². The highest BCUT2D eigenvalue weighted by Crippen LogP contribution is 2.35. The molecule has 0 aliphatic carbocycles. The van der Waals surface area contributed by atoms with E-state index in [0.717, 1.165) is 19.5 Å². The number of benzene rings is 1. The zero-order chi connectivity index (χ0) is 15.0. The number of hydrogen-bond acceptors (Lipinski definition) is 4. The van der Waals surface area contributed by atoms with Gasteiger partial charge in [-0.15, -0.1) is 0 Å². The molecule has 0 saturated carbocycles. The van der Waals surface area contributed by atoms with E-state index in [1.54, 1.807) is 24.1 Å². The molecule has 1 aromatic carbocycles. The van der Waals surface area contributed by atoms with Crippen molar-refractivity contribution < 1.29 is 18.3 Å². The number of hydrogen-bond donors (Lipinski definition) is 0. The Morgan fingerprint density at radius 2 is 1.90 bits per heavy atom. The van der Waals surface area contributed by atoms with Gasteiger partial charge in [0.1, 0.15) is 5.75 Å². The molecule has 21 heavy (non-hydrogen) atoms. The van der Waals surface area contributed by atoms with Gasteiger partial charge in [-0.3, -0.25) is 4.79 Å². The number of amides is 1. The third-order valence-corrected chi connectivity index (χ3v) is 4.79. The zero-order valence-corrected chi connectivity index (χ0v) is 12.4. The van der Waals surface area contributed by atoms with E-state index in [4.69, 9.17) is 0 Å². The Hall–Kier alpha value is -1.34. The Kier molecular flexibility index (Phi) is 4.03. The monoisotopic (exact) mass is 314 g/mol. The number of halogens is 2. The third-order valence-electron chi connectivity index (χ3n) is 3.98. The summed E-state index contributed by atoms with van der Waals surface area (Å²) in [5.74, 6) is 0.0412. The van der Waals surface area contributed by atoms with Crippen LogP contribution in [0.1, 0.15) is 16.8 Å². The molecule has 4 rings (SSSR count). The lowest BCUT2D eigenvalue weighted by Crippen LogP contribution is -2.68. The highest BCUT2D eigenvalue weighted by Gasteiger charge is 2.47. The third kappa shape index (κ3) is 2.85. The van der Waals surface area contributed by atoms with Crippen molar-refractivity contribution in [2.45, 2.75) is 25.1 Å². The van der Waals surface area contributed by atoms with Crippen molar-refractivity contribution in [3.8, 4) is 5.75 Å². The normalized spacial score (nSPS) is 24.9. The number of piperazine rings is 1. The molecule has 2 atom stereocenters. The maximum absolute atomic E-state index is 12.5. The maximum Gasteiger partial charge on any atom is 0.387 e. The Morgan fingerprint density at radius 3 is 2.43 bits per heavy atom. The summed E-state index contributed by atoms with van der Waals surface area (Å²) in [5.41, 5.74) is 0.518. The van der Waals surface area contributed by atoms with Crippen LogP contribution in [0.15, 0.2) is 24.3 Å². The standard InChI is InChI=1S/C14H16F2N2O2S/c1-21-17-7-10-6-11(8-17)18(10)13(19)9-2-4-12(5-3-9)20-14(15)16/h2-5,10-11,14H,6-8H2,1H3. The lowest BCUT2D eigenvalue weighted by molar-refractivity contribution is -0.0498. The minimum atomic E-state index is -2.85. The van der Waals surface area contributed by atoms with Gasteiger partial charge in [-0.2, -0.15) is 8.78 Å².